The van der Waals surface area contributed by atoms with Crippen LogP contribution in [0.4, 0.5) is 0 Å². The highest BCUT2D eigenvalue weighted by molar-refractivity contribution is 6.42. The van der Waals surface area contributed by atoms with Gasteiger partial charge in [-0.15, -0.1) is 0 Å². The van der Waals surface area contributed by atoms with Crippen LogP contribution in [-0.2, 0) is 4.79 Å². The minimum Gasteiger partial charge on any atom is -0.481 e. The normalized spacial score (nSPS) is 14.9. The van der Waals surface area contributed by atoms with Crippen LogP contribution in [0, 0.1) is 12.8 Å². The number of carboxylic acids is 1. The number of halogens is 2. The van der Waals surface area contributed by atoms with E-state index in [9.17, 15) is 9.59 Å². The fraction of sp³-hybridized carbons (Fsp3) is 0.389. The summed E-state index contributed by atoms with van der Waals surface area (Å²) in [6, 6.07) is 6.93. The van der Waals surface area contributed by atoms with Crippen molar-refractivity contribution in [2.24, 2.45) is 5.92 Å². The summed E-state index contributed by atoms with van der Waals surface area (Å²) < 4.78 is 1.63. The Morgan fingerprint density at radius 2 is 2.00 bits per heavy atom. The summed E-state index contributed by atoms with van der Waals surface area (Å²) in [5.41, 5.74) is 1.76. The number of aromatic nitrogens is 2. The quantitative estimate of drug-likeness (QED) is 0.806. The van der Waals surface area contributed by atoms with Crippen LogP contribution in [-0.4, -0.2) is 44.3 Å². The van der Waals surface area contributed by atoms with E-state index in [4.69, 9.17) is 28.3 Å². The van der Waals surface area contributed by atoms with Crippen molar-refractivity contribution in [2.45, 2.75) is 32.7 Å². The van der Waals surface area contributed by atoms with E-state index in [0.29, 0.717) is 15.7 Å². The fourth-order valence-corrected chi connectivity index (χ4v) is 3.05. The van der Waals surface area contributed by atoms with Crippen molar-refractivity contribution in [1.82, 2.24) is 14.7 Å². The molecule has 1 aliphatic carbocycles. The van der Waals surface area contributed by atoms with Gasteiger partial charge in [-0.25, -0.2) is 4.68 Å². The van der Waals surface area contributed by atoms with E-state index in [2.05, 4.69) is 5.10 Å². The second-order valence-corrected chi connectivity index (χ2v) is 7.42. The van der Waals surface area contributed by atoms with Gasteiger partial charge in [0, 0.05) is 18.3 Å². The van der Waals surface area contributed by atoms with E-state index in [1.54, 1.807) is 40.8 Å². The van der Waals surface area contributed by atoms with Crippen molar-refractivity contribution in [1.29, 1.82) is 0 Å². The fourth-order valence-electron chi connectivity index (χ4n) is 2.76. The SMILES string of the molecule is Cc1cc(C(=O)N(CC(C)C(=O)O)C2CC2)nn1-c1ccc(Cl)c(Cl)c1. The summed E-state index contributed by atoms with van der Waals surface area (Å²) >= 11 is 12.0. The third kappa shape index (κ3) is 3.86. The molecule has 1 saturated carbocycles. The number of carboxylic acid groups (broad SMARTS) is 1. The molecule has 1 aromatic carbocycles. The summed E-state index contributed by atoms with van der Waals surface area (Å²) in [5.74, 6) is -1.79. The van der Waals surface area contributed by atoms with E-state index in [-0.39, 0.29) is 24.2 Å². The molecule has 0 aliphatic heterocycles. The topological polar surface area (TPSA) is 75.4 Å². The third-order valence-electron chi connectivity index (χ3n) is 4.39. The molecule has 26 heavy (non-hydrogen) atoms. The van der Waals surface area contributed by atoms with Crippen molar-refractivity contribution in [3.8, 4) is 5.69 Å². The zero-order chi connectivity index (χ0) is 19.0. The molecule has 1 heterocycles. The zero-order valence-corrected chi connectivity index (χ0v) is 16.0. The maximum absolute atomic E-state index is 12.9. The van der Waals surface area contributed by atoms with E-state index in [1.807, 2.05) is 6.92 Å². The first-order valence-corrected chi connectivity index (χ1v) is 9.09. The highest BCUT2D eigenvalue weighted by Crippen LogP contribution is 2.30. The van der Waals surface area contributed by atoms with E-state index < -0.39 is 11.9 Å². The highest BCUT2D eigenvalue weighted by atomic mass is 35.5. The first-order chi connectivity index (χ1) is 12.3. The molecule has 0 bridgehead atoms. The highest BCUT2D eigenvalue weighted by Gasteiger charge is 2.36. The maximum Gasteiger partial charge on any atom is 0.308 e. The number of hydrogen-bond acceptors (Lipinski definition) is 3. The second-order valence-electron chi connectivity index (χ2n) is 6.61. The molecule has 0 spiro atoms. The predicted octanol–water partition coefficient (Wildman–Crippen LogP) is 3.81. The lowest BCUT2D eigenvalue weighted by molar-refractivity contribution is -0.141. The Morgan fingerprint density at radius 1 is 1.31 bits per heavy atom. The Bertz CT molecular complexity index is 861. The number of carbonyl (C=O) groups is 2. The Labute approximate surface area is 161 Å². The van der Waals surface area contributed by atoms with Crippen LogP contribution < -0.4 is 0 Å². The van der Waals surface area contributed by atoms with Gasteiger partial charge >= 0.3 is 5.97 Å². The van der Waals surface area contributed by atoms with Gasteiger partial charge in [0.05, 0.1) is 21.7 Å². The summed E-state index contributed by atoms with van der Waals surface area (Å²) in [6.45, 7) is 3.62. The smallest absolute Gasteiger partial charge is 0.308 e. The number of nitrogens with zero attached hydrogens (tertiary/aromatic N) is 3. The van der Waals surface area contributed by atoms with Gasteiger partial charge in [0.1, 0.15) is 0 Å². The van der Waals surface area contributed by atoms with E-state index >= 15 is 0 Å². The predicted molar refractivity (Wildman–Crippen MR) is 99.2 cm³/mol. The Hall–Kier alpha value is -2.05. The molecular weight excluding hydrogens is 377 g/mol. The van der Waals surface area contributed by atoms with Crippen LogP contribution in [0.3, 0.4) is 0 Å². The second kappa shape index (κ2) is 7.29. The summed E-state index contributed by atoms with van der Waals surface area (Å²) in [7, 11) is 0. The van der Waals surface area contributed by atoms with Gasteiger partial charge in [0.25, 0.3) is 5.91 Å². The van der Waals surface area contributed by atoms with Crippen LogP contribution in [0.2, 0.25) is 10.0 Å². The average Bonchev–Trinajstić information content (AvgIpc) is 3.36. The number of hydrogen-bond donors (Lipinski definition) is 1. The Balaban J connectivity index is 1.87. The molecule has 1 aromatic heterocycles. The summed E-state index contributed by atoms with van der Waals surface area (Å²) in [4.78, 5) is 25.7. The number of carbonyl (C=O) groups excluding carboxylic acids is 1. The number of rotatable bonds is 6. The molecule has 1 atom stereocenters. The lowest BCUT2D eigenvalue weighted by Gasteiger charge is -2.23. The van der Waals surface area contributed by atoms with Gasteiger partial charge in [-0.1, -0.05) is 30.1 Å². The molecule has 8 heteroatoms. The Kier molecular flexibility index (Phi) is 5.25. The molecule has 1 fully saturated rings. The van der Waals surface area contributed by atoms with Gasteiger partial charge < -0.3 is 10.0 Å². The number of benzene rings is 1. The molecule has 1 amide bonds. The molecule has 3 rings (SSSR count). The zero-order valence-electron chi connectivity index (χ0n) is 14.4. The number of aryl methyl sites for hydroxylation is 1. The minimum atomic E-state index is -0.916. The van der Waals surface area contributed by atoms with E-state index in [0.717, 1.165) is 18.5 Å². The van der Waals surface area contributed by atoms with Gasteiger partial charge in [0.15, 0.2) is 5.69 Å². The molecule has 2 aromatic rings. The van der Waals surface area contributed by atoms with Crippen LogP contribution in [0.25, 0.3) is 5.69 Å². The van der Waals surface area contributed by atoms with E-state index in [1.165, 1.54) is 0 Å². The third-order valence-corrected chi connectivity index (χ3v) is 5.13. The number of aliphatic carboxylic acids is 1. The van der Waals surface area contributed by atoms with Crippen molar-refractivity contribution in [2.75, 3.05) is 6.54 Å². The van der Waals surface area contributed by atoms with Crippen molar-refractivity contribution >= 4 is 35.1 Å². The largest absolute Gasteiger partial charge is 0.481 e. The molecule has 6 nitrogen and oxygen atoms in total. The van der Waals surface area contributed by atoms with Crippen LogP contribution in [0.1, 0.15) is 35.9 Å². The van der Waals surface area contributed by atoms with Crippen LogP contribution >= 0.6 is 23.2 Å². The average molecular weight is 396 g/mol. The monoisotopic (exact) mass is 395 g/mol. The maximum atomic E-state index is 12.9. The minimum absolute atomic E-state index is 0.0970. The van der Waals surface area contributed by atoms with Crippen molar-refractivity contribution in [3.05, 3.63) is 45.7 Å². The standard InChI is InChI=1S/C18H19Cl2N3O3/c1-10(18(25)26)9-22(12-3-4-12)17(24)16-7-11(2)23(21-16)13-5-6-14(19)15(20)8-13/h5-8,10,12H,3-4,9H2,1-2H3,(H,25,26). The summed E-state index contributed by atoms with van der Waals surface area (Å²) in [6.07, 6.45) is 1.79. The molecule has 1 N–H and O–H groups in total. The van der Waals surface area contributed by atoms with Crippen LogP contribution in [0.5, 0.6) is 0 Å². The molecule has 0 saturated heterocycles. The molecule has 138 valence electrons. The van der Waals surface area contributed by atoms with Crippen molar-refractivity contribution < 1.29 is 14.7 Å². The van der Waals surface area contributed by atoms with Crippen molar-refractivity contribution in [3.63, 3.8) is 0 Å². The van der Waals surface area contributed by atoms with Gasteiger partial charge in [-0.05, 0) is 44.0 Å². The lowest BCUT2D eigenvalue weighted by atomic mass is 10.1. The molecular formula is C18H19Cl2N3O3. The van der Waals surface area contributed by atoms with Gasteiger partial charge in [-0.2, -0.15) is 5.10 Å². The molecule has 1 unspecified atom stereocenters. The number of amides is 1. The Morgan fingerprint density at radius 3 is 2.58 bits per heavy atom. The molecule has 1 aliphatic rings. The van der Waals surface area contributed by atoms with Gasteiger partial charge in [-0.3, -0.25) is 9.59 Å². The molecule has 0 radical (unpaired) electrons. The van der Waals surface area contributed by atoms with Gasteiger partial charge in [0.2, 0.25) is 0 Å². The summed E-state index contributed by atoms with van der Waals surface area (Å²) in [5, 5.41) is 14.4. The first kappa shape index (κ1) is 18.7. The first-order valence-electron chi connectivity index (χ1n) is 8.33. The van der Waals surface area contributed by atoms with Crippen LogP contribution in [0.15, 0.2) is 24.3 Å². The lowest BCUT2D eigenvalue weighted by Crippen LogP contribution is -2.38.